The molecular formula is C57H89N3O17. The number of aryl methyl sites for hydroxylation is 3. The van der Waals surface area contributed by atoms with Gasteiger partial charge in [-0.3, -0.25) is 19.2 Å². The van der Waals surface area contributed by atoms with Gasteiger partial charge in [-0.1, -0.05) is 33.8 Å². The average molecular weight is 1090 g/mol. The van der Waals surface area contributed by atoms with E-state index in [9.17, 15) is 44.4 Å². The Hall–Kier alpha value is -3.93. The van der Waals surface area contributed by atoms with Crippen LogP contribution in [0.2, 0.25) is 0 Å². The first-order valence-corrected chi connectivity index (χ1v) is 27.7. The highest BCUT2D eigenvalue weighted by atomic mass is 16.7. The molecule has 0 amide bonds. The summed E-state index contributed by atoms with van der Waals surface area (Å²) in [6, 6.07) is 3.56. The van der Waals surface area contributed by atoms with Crippen LogP contribution in [0.1, 0.15) is 136 Å². The molecule has 2 aromatic rings. The van der Waals surface area contributed by atoms with Crippen molar-refractivity contribution in [2.75, 3.05) is 41.4 Å². The Morgan fingerprint density at radius 3 is 2.22 bits per heavy atom. The lowest BCUT2D eigenvalue weighted by Gasteiger charge is -2.50. The Kier molecular flexibility index (Phi) is 20.8. The number of aliphatic hydroxyl groups excluding tert-OH is 2. The number of ether oxygens (including phenoxy) is 8. The van der Waals surface area contributed by atoms with Gasteiger partial charge < -0.3 is 73.1 Å². The summed E-state index contributed by atoms with van der Waals surface area (Å²) >= 11 is 0. The predicted octanol–water partition coefficient (Wildman–Crippen LogP) is 4.56. The Labute approximate surface area is 453 Å². The molecule has 77 heavy (non-hydrogen) atoms. The zero-order valence-corrected chi connectivity index (χ0v) is 47.9. The van der Waals surface area contributed by atoms with Crippen LogP contribution < -0.4 is 10.7 Å². The Balaban J connectivity index is 1.19. The third-order valence-corrected chi connectivity index (χ3v) is 17.2. The van der Waals surface area contributed by atoms with Crippen LogP contribution in [-0.4, -0.2) is 179 Å². The van der Waals surface area contributed by atoms with Gasteiger partial charge in [0.2, 0.25) is 5.43 Å². The van der Waals surface area contributed by atoms with Crippen LogP contribution in [0.15, 0.2) is 23.1 Å². The molecular weight excluding hydrogens is 999 g/mol. The number of carbonyl (C=O) groups excluding carboxylic acids is 3. The van der Waals surface area contributed by atoms with E-state index in [2.05, 4.69) is 11.4 Å². The number of aliphatic hydroxyl groups is 3. The van der Waals surface area contributed by atoms with E-state index in [1.165, 1.54) is 27.3 Å². The SMILES string of the molecule is CC[C@H]1OC(=O)[C@H](C)[C@@H](O[C@H]2C[C@@](C)(OC)[C@@H](OC(=O)CCNCCCc3cc4c5c(c3)c(=O)c(C(=O)O)cn5CCC4)[C@H](C)O2)[C@H](C)[C@@H](O[C@@H]2O[C@H](C)C[C@H](N(C)C)[C@H]2O)[C@](C)(OC)C[C@@H](C)C(=O)[C@H](C)[C@H](O)[C@]1(C)O. The molecule has 5 N–H and O–H groups in total. The number of nitrogens with zero attached hydrogens (tertiary/aromatic N) is 2. The van der Waals surface area contributed by atoms with Gasteiger partial charge in [0.25, 0.3) is 0 Å². The van der Waals surface area contributed by atoms with Crippen molar-refractivity contribution in [3.63, 3.8) is 0 Å². The summed E-state index contributed by atoms with van der Waals surface area (Å²) in [5.41, 5.74) is -2.45. The van der Waals surface area contributed by atoms with Gasteiger partial charge in [0.05, 0.1) is 54.0 Å². The number of methoxy groups -OCH3 is 2. The number of esters is 2. The second-order valence-electron chi connectivity index (χ2n) is 23.3. The maximum Gasteiger partial charge on any atom is 0.341 e. The molecule has 1 aromatic heterocycles. The highest BCUT2D eigenvalue weighted by molar-refractivity contribution is 5.94. The van der Waals surface area contributed by atoms with Crippen molar-refractivity contribution in [3.05, 3.63) is 45.2 Å². The summed E-state index contributed by atoms with van der Waals surface area (Å²) in [5, 5.41) is 48.7. The third kappa shape index (κ3) is 13.6. The lowest BCUT2D eigenvalue weighted by atomic mass is 9.74. The van der Waals surface area contributed by atoms with Crippen molar-refractivity contribution in [3.8, 4) is 0 Å². The number of hydrogen-bond acceptors (Lipinski definition) is 18. The van der Waals surface area contributed by atoms with Crippen LogP contribution in [0.25, 0.3) is 10.9 Å². The zero-order valence-electron chi connectivity index (χ0n) is 47.9. The number of Topliss-reactive ketones (excluding diaryl/α,β-unsaturated/α-hetero) is 1. The fourth-order valence-electron chi connectivity index (χ4n) is 12.5. The van der Waals surface area contributed by atoms with Crippen LogP contribution in [0.3, 0.4) is 0 Å². The highest BCUT2D eigenvalue weighted by Crippen LogP contribution is 2.42. The number of rotatable bonds is 17. The molecule has 0 bridgehead atoms. The molecule has 4 aliphatic heterocycles. The van der Waals surface area contributed by atoms with Crippen LogP contribution in [0, 0.1) is 23.7 Å². The van der Waals surface area contributed by atoms with E-state index in [4.69, 9.17) is 37.9 Å². The van der Waals surface area contributed by atoms with E-state index in [0.717, 1.165) is 29.5 Å². The normalized spacial score (nSPS) is 37.6. The van der Waals surface area contributed by atoms with Crippen LogP contribution in [0.4, 0.5) is 0 Å². The molecule has 3 fully saturated rings. The van der Waals surface area contributed by atoms with Gasteiger partial charge in [-0.15, -0.1) is 0 Å². The van der Waals surface area contributed by atoms with E-state index < -0.39 is 119 Å². The van der Waals surface area contributed by atoms with Gasteiger partial charge in [-0.05, 0) is 124 Å². The van der Waals surface area contributed by atoms with E-state index in [1.807, 2.05) is 37.4 Å². The van der Waals surface area contributed by atoms with E-state index in [1.54, 1.807) is 54.5 Å². The maximum absolute atomic E-state index is 14.6. The van der Waals surface area contributed by atoms with Crippen LogP contribution in [-0.2, 0) is 71.7 Å². The van der Waals surface area contributed by atoms with Crippen molar-refractivity contribution in [1.82, 2.24) is 14.8 Å². The number of nitrogens with one attached hydrogen (secondary N) is 1. The third-order valence-electron chi connectivity index (χ3n) is 17.2. The van der Waals surface area contributed by atoms with Gasteiger partial charge in [0, 0.05) is 69.1 Å². The first kappa shape index (κ1) is 62.3. The van der Waals surface area contributed by atoms with E-state index in [0.29, 0.717) is 44.3 Å². The fraction of sp³-hybridized carbons (Fsp3) is 0.772. The smallest absolute Gasteiger partial charge is 0.341 e. The fourth-order valence-corrected chi connectivity index (χ4v) is 12.5. The van der Waals surface area contributed by atoms with Crippen molar-refractivity contribution >= 4 is 34.6 Å². The summed E-state index contributed by atoms with van der Waals surface area (Å²) in [4.78, 5) is 69.2. The molecule has 0 unspecified atom stereocenters. The van der Waals surface area contributed by atoms with Gasteiger partial charge >= 0.3 is 17.9 Å². The highest BCUT2D eigenvalue weighted by Gasteiger charge is 2.55. The number of carboxylic acid groups (broad SMARTS) is 1. The molecule has 6 rings (SSSR count). The number of aromatic nitrogens is 1. The number of carbonyl (C=O) groups is 4. The molecule has 5 heterocycles. The Morgan fingerprint density at radius 2 is 1.58 bits per heavy atom. The first-order valence-electron chi connectivity index (χ1n) is 27.7. The lowest BCUT2D eigenvalue weighted by Crippen LogP contribution is -2.61. The van der Waals surface area contributed by atoms with Crippen molar-refractivity contribution < 1.29 is 77.5 Å². The van der Waals surface area contributed by atoms with Crippen molar-refractivity contribution in [1.29, 1.82) is 0 Å². The second kappa shape index (κ2) is 25.7. The molecule has 0 aliphatic carbocycles. The molecule has 20 heteroatoms. The number of likely N-dealkylation sites (N-methyl/N-ethyl adjacent to an activating group) is 1. The average Bonchev–Trinajstić information content (AvgIpc) is 3.38. The summed E-state index contributed by atoms with van der Waals surface area (Å²) in [6.07, 6.45) is -5.08. The van der Waals surface area contributed by atoms with Gasteiger partial charge in [-0.2, -0.15) is 0 Å². The molecule has 20 nitrogen and oxygen atoms in total. The minimum absolute atomic E-state index is 0.0401. The number of aromatic carboxylic acids is 1. The number of benzene rings is 1. The van der Waals surface area contributed by atoms with Crippen LogP contribution >= 0.6 is 0 Å². The van der Waals surface area contributed by atoms with Gasteiger partial charge in [-0.25, -0.2) is 4.79 Å². The number of hydrogen-bond donors (Lipinski definition) is 5. The minimum atomic E-state index is -2.03. The lowest BCUT2D eigenvalue weighted by molar-refractivity contribution is -0.320. The summed E-state index contributed by atoms with van der Waals surface area (Å²) in [5.74, 6) is -6.55. The topological polar surface area (TPSA) is 260 Å². The molecule has 18 atom stereocenters. The molecule has 0 spiro atoms. The molecule has 434 valence electrons. The van der Waals surface area contributed by atoms with Gasteiger partial charge in [0.15, 0.2) is 18.7 Å². The molecule has 0 radical (unpaired) electrons. The zero-order chi connectivity index (χ0) is 57.1. The predicted molar refractivity (Wildman–Crippen MR) is 284 cm³/mol. The molecule has 3 saturated heterocycles. The Morgan fingerprint density at radius 1 is 0.909 bits per heavy atom. The standard InChI is InChI=1S/C57H89N3O17/c1-15-41-57(10,69)49(65)32(4)45(62)30(2)27-55(8,70-13)50(77-54-47(64)40(59(11)12)24-31(3)72-54)33(5)48(34(6)53(68)74-41)76-43-28-56(9,71-14)51(35(7)73-43)75-42(61)20-22-58-21-16-18-36-25-37-19-17-23-60-29-39(52(66)67)46(63)38(26-36)44(37)60/h25-26,29-35,40-41,43,47-51,54,58,64-65,69H,15-24,27-28H2,1-14H3,(H,66,67)/t30-,31-,32+,33+,34-,35+,40+,41-,43+,47-,48+,49+,50-,51+,54+,55-,56-,57-/m1/s1. The summed E-state index contributed by atoms with van der Waals surface area (Å²) in [7, 11) is 6.73. The van der Waals surface area contributed by atoms with E-state index in [-0.39, 0.29) is 49.2 Å². The molecule has 0 saturated carbocycles. The largest absolute Gasteiger partial charge is 0.477 e. The summed E-state index contributed by atoms with van der Waals surface area (Å²) in [6.45, 7) is 18.6. The van der Waals surface area contributed by atoms with Gasteiger partial charge in [0.1, 0.15) is 34.8 Å². The second-order valence-corrected chi connectivity index (χ2v) is 23.3. The number of cyclic esters (lactones) is 1. The Bertz CT molecular complexity index is 2450. The quantitative estimate of drug-likeness (QED) is 0.107. The number of carboxylic acids is 1. The van der Waals surface area contributed by atoms with E-state index >= 15 is 0 Å². The molecule has 1 aromatic carbocycles. The monoisotopic (exact) mass is 1090 g/mol. The maximum atomic E-state index is 14.6. The van der Waals surface area contributed by atoms with Crippen LogP contribution in [0.5, 0.6) is 0 Å². The molecule has 4 aliphatic rings. The number of ketones is 1. The van der Waals surface area contributed by atoms with Crippen molar-refractivity contribution in [2.45, 2.75) is 218 Å². The first-order chi connectivity index (χ1) is 36.1. The number of pyridine rings is 1. The summed E-state index contributed by atoms with van der Waals surface area (Å²) < 4.78 is 53.2. The van der Waals surface area contributed by atoms with Crippen molar-refractivity contribution in [2.24, 2.45) is 23.7 Å². The minimum Gasteiger partial charge on any atom is -0.477 e.